The summed E-state index contributed by atoms with van der Waals surface area (Å²) in [6.07, 6.45) is -4.95. The average Bonchev–Trinajstić information content (AvgIpc) is 2.68. The van der Waals surface area contributed by atoms with E-state index >= 15 is 0 Å². The smallest absolute Gasteiger partial charge is 0.495 e. The quantitative estimate of drug-likeness (QED) is 0.737. The molecule has 1 saturated heterocycles. The number of rotatable bonds is 6. The predicted octanol–water partition coefficient (Wildman–Crippen LogP) is 3.15. The summed E-state index contributed by atoms with van der Waals surface area (Å²) < 4.78 is 75.1. The van der Waals surface area contributed by atoms with Crippen molar-refractivity contribution >= 4 is 21.4 Å². The Morgan fingerprint density at radius 2 is 1.67 bits per heavy atom. The Labute approximate surface area is 173 Å². The zero-order chi connectivity index (χ0) is 21.9. The van der Waals surface area contributed by atoms with Gasteiger partial charge in [0.25, 0.3) is 10.0 Å². The van der Waals surface area contributed by atoms with Crippen LogP contribution in [0.2, 0.25) is 0 Å². The van der Waals surface area contributed by atoms with Gasteiger partial charge in [-0.15, -0.1) is 13.2 Å². The molecule has 0 bridgehead atoms. The first-order chi connectivity index (χ1) is 14.1. The number of anilines is 2. The van der Waals surface area contributed by atoms with Gasteiger partial charge in [-0.2, -0.15) is 0 Å². The number of likely N-dealkylation sites (N-methyl/N-ethyl adjacent to an activating group) is 1. The van der Waals surface area contributed by atoms with Gasteiger partial charge in [0.15, 0.2) is 5.75 Å². The number of halogens is 3. The number of ether oxygens (including phenoxy) is 2. The van der Waals surface area contributed by atoms with Crippen molar-refractivity contribution in [2.45, 2.75) is 11.3 Å². The summed E-state index contributed by atoms with van der Waals surface area (Å²) >= 11 is 0. The van der Waals surface area contributed by atoms with Gasteiger partial charge in [0, 0.05) is 26.2 Å². The number of alkyl halides is 3. The van der Waals surface area contributed by atoms with E-state index in [1.807, 2.05) is 11.9 Å². The molecule has 2 aromatic rings. The van der Waals surface area contributed by atoms with E-state index in [-0.39, 0.29) is 10.6 Å². The van der Waals surface area contributed by atoms with Crippen LogP contribution < -0.4 is 19.1 Å². The normalized spacial score (nSPS) is 15.7. The Morgan fingerprint density at radius 1 is 1.00 bits per heavy atom. The molecule has 11 heteroatoms. The lowest BCUT2D eigenvalue weighted by Gasteiger charge is -2.34. The highest BCUT2D eigenvalue weighted by molar-refractivity contribution is 7.92. The van der Waals surface area contributed by atoms with Crippen LogP contribution in [-0.4, -0.2) is 60.0 Å². The van der Waals surface area contributed by atoms with E-state index in [4.69, 9.17) is 4.74 Å². The predicted molar refractivity (Wildman–Crippen MR) is 107 cm³/mol. The lowest BCUT2D eigenvalue weighted by Crippen LogP contribution is -2.44. The fourth-order valence-corrected chi connectivity index (χ4v) is 4.19. The highest BCUT2D eigenvalue weighted by Crippen LogP contribution is 2.34. The third-order valence-electron chi connectivity index (χ3n) is 4.66. The van der Waals surface area contributed by atoms with Crippen molar-refractivity contribution in [1.29, 1.82) is 0 Å². The number of hydrogen-bond acceptors (Lipinski definition) is 6. The Morgan fingerprint density at radius 3 is 2.30 bits per heavy atom. The molecule has 30 heavy (non-hydrogen) atoms. The maximum absolute atomic E-state index is 12.9. The molecule has 0 amide bonds. The molecule has 0 saturated carbocycles. The second kappa shape index (κ2) is 8.60. The summed E-state index contributed by atoms with van der Waals surface area (Å²) in [4.78, 5) is 4.07. The molecule has 2 aromatic carbocycles. The molecule has 164 valence electrons. The summed E-state index contributed by atoms with van der Waals surface area (Å²) in [5.74, 6) is -0.124. The molecule has 1 aliphatic rings. The number of benzene rings is 2. The number of methoxy groups -OCH3 is 1. The zero-order valence-electron chi connectivity index (χ0n) is 16.4. The highest BCUT2D eigenvalue weighted by atomic mass is 32.2. The number of hydrogen-bond donors (Lipinski definition) is 1. The fraction of sp³-hybridized carbons (Fsp3) is 0.368. The fourth-order valence-electron chi connectivity index (χ4n) is 3.10. The number of nitrogens with zero attached hydrogens (tertiary/aromatic N) is 2. The molecule has 0 radical (unpaired) electrons. The van der Waals surface area contributed by atoms with Crippen LogP contribution in [0.4, 0.5) is 24.5 Å². The summed E-state index contributed by atoms with van der Waals surface area (Å²) in [5, 5.41) is 0. The van der Waals surface area contributed by atoms with Crippen LogP contribution >= 0.6 is 0 Å². The van der Waals surface area contributed by atoms with Gasteiger partial charge in [0.2, 0.25) is 0 Å². The van der Waals surface area contributed by atoms with Crippen LogP contribution in [0.1, 0.15) is 0 Å². The van der Waals surface area contributed by atoms with E-state index < -0.39 is 22.1 Å². The molecule has 0 aromatic heterocycles. The molecular weight excluding hydrogens is 423 g/mol. The zero-order valence-corrected chi connectivity index (χ0v) is 17.3. The molecule has 7 nitrogen and oxygen atoms in total. The van der Waals surface area contributed by atoms with E-state index in [9.17, 15) is 21.6 Å². The third-order valence-corrected chi connectivity index (χ3v) is 6.02. The Balaban J connectivity index is 1.91. The number of sulfonamides is 1. The lowest BCUT2D eigenvalue weighted by atomic mass is 10.2. The maximum Gasteiger partial charge on any atom is 0.573 e. The first kappa shape index (κ1) is 22.0. The minimum absolute atomic E-state index is 0.0981. The van der Waals surface area contributed by atoms with Gasteiger partial charge in [-0.1, -0.05) is 12.1 Å². The SMILES string of the molecule is COc1ccc(S(=O)(=O)Nc2ccccc2OC(F)(F)F)cc1N1CCN(C)CC1. The van der Waals surface area contributed by atoms with Gasteiger partial charge in [-0.25, -0.2) is 8.42 Å². The van der Waals surface area contributed by atoms with Gasteiger partial charge < -0.3 is 19.3 Å². The largest absolute Gasteiger partial charge is 0.573 e. The van der Waals surface area contributed by atoms with E-state index in [2.05, 4.69) is 14.4 Å². The van der Waals surface area contributed by atoms with Crippen molar-refractivity contribution < 1.29 is 31.1 Å². The van der Waals surface area contributed by atoms with Crippen LogP contribution in [0.5, 0.6) is 11.5 Å². The van der Waals surface area contributed by atoms with E-state index in [1.54, 1.807) is 0 Å². The summed E-state index contributed by atoms with van der Waals surface area (Å²) in [5.41, 5.74) is 0.292. The molecular formula is C19H22F3N3O4S. The minimum Gasteiger partial charge on any atom is -0.495 e. The minimum atomic E-state index is -4.95. The first-order valence-corrected chi connectivity index (χ1v) is 10.6. The van der Waals surface area contributed by atoms with Crippen LogP contribution in [0.25, 0.3) is 0 Å². The van der Waals surface area contributed by atoms with Gasteiger partial charge in [-0.05, 0) is 37.4 Å². The van der Waals surface area contributed by atoms with Crippen molar-refractivity contribution in [3.8, 4) is 11.5 Å². The van der Waals surface area contributed by atoms with E-state index in [0.717, 1.165) is 19.2 Å². The number of nitrogens with one attached hydrogen (secondary N) is 1. The number of piperazine rings is 1. The maximum atomic E-state index is 12.9. The molecule has 1 aliphatic heterocycles. The van der Waals surface area contributed by atoms with Gasteiger partial charge >= 0.3 is 6.36 Å². The second-order valence-electron chi connectivity index (χ2n) is 6.77. The first-order valence-electron chi connectivity index (χ1n) is 9.08. The Kier molecular flexibility index (Phi) is 6.32. The van der Waals surface area contributed by atoms with Crippen molar-refractivity contribution in [2.75, 3.05) is 50.0 Å². The van der Waals surface area contributed by atoms with Crippen molar-refractivity contribution in [2.24, 2.45) is 0 Å². The van der Waals surface area contributed by atoms with Crippen LogP contribution in [0, 0.1) is 0 Å². The molecule has 1 N–H and O–H groups in total. The second-order valence-corrected chi connectivity index (χ2v) is 8.46. The monoisotopic (exact) mass is 445 g/mol. The van der Waals surface area contributed by atoms with Crippen molar-refractivity contribution in [3.63, 3.8) is 0 Å². The van der Waals surface area contributed by atoms with Gasteiger partial charge in [0.05, 0.1) is 23.4 Å². The molecule has 0 unspecified atom stereocenters. The van der Waals surface area contributed by atoms with E-state index in [0.29, 0.717) is 24.5 Å². The van der Waals surface area contributed by atoms with Crippen LogP contribution in [0.3, 0.4) is 0 Å². The number of para-hydroxylation sites is 2. The highest BCUT2D eigenvalue weighted by Gasteiger charge is 2.32. The third kappa shape index (κ3) is 5.28. The lowest BCUT2D eigenvalue weighted by molar-refractivity contribution is -0.274. The van der Waals surface area contributed by atoms with Crippen molar-refractivity contribution in [3.05, 3.63) is 42.5 Å². The molecule has 1 fully saturated rings. The topological polar surface area (TPSA) is 71.1 Å². The molecule has 3 rings (SSSR count). The Bertz CT molecular complexity index is 991. The molecule has 0 aliphatic carbocycles. The van der Waals surface area contributed by atoms with Gasteiger partial charge in [0.1, 0.15) is 5.75 Å². The summed E-state index contributed by atoms with van der Waals surface area (Å²) in [6.45, 7) is 2.99. The summed E-state index contributed by atoms with van der Waals surface area (Å²) in [7, 11) is -0.686. The Hall–Kier alpha value is -2.66. The van der Waals surface area contributed by atoms with Crippen molar-refractivity contribution in [1.82, 2.24) is 4.90 Å². The van der Waals surface area contributed by atoms with Gasteiger partial charge in [-0.3, -0.25) is 4.72 Å². The molecule has 0 spiro atoms. The van der Waals surface area contributed by atoms with Crippen LogP contribution in [-0.2, 0) is 10.0 Å². The summed E-state index contributed by atoms with van der Waals surface area (Å²) in [6, 6.07) is 9.29. The molecule has 1 heterocycles. The van der Waals surface area contributed by atoms with Crippen LogP contribution in [0.15, 0.2) is 47.4 Å². The standard InChI is InChI=1S/C19H22F3N3O4S/c1-24-9-11-25(12-10-24)16-13-14(7-8-18(16)28-2)30(26,27)23-15-5-3-4-6-17(15)29-19(20,21)22/h3-8,13,23H,9-12H2,1-2H3. The average molecular weight is 445 g/mol. The van der Waals surface area contributed by atoms with E-state index in [1.165, 1.54) is 43.5 Å². The molecule has 0 atom stereocenters.